The Morgan fingerprint density at radius 3 is 3.06 bits per heavy atom. The number of nitrogens with one attached hydrogen (secondary N) is 1. The Hall–Kier alpha value is -1.89. The number of nitrogens with zero attached hydrogens (tertiary/aromatic N) is 4. The number of hydrogen-bond donors (Lipinski definition) is 2. The maximum absolute atomic E-state index is 11.1. The van der Waals surface area contributed by atoms with Crippen molar-refractivity contribution < 1.29 is 9.90 Å². The standard InChI is InChI=1S/C10H11N5O2.ClH/c16-10(17)6-2-1-3-15(6)9-7-8(12-4-11-7)13-5-14-9;/h4-6H,1-3H2,(H,16,17)(H,11,12,13,14);1H/t6-;/m0./s1. The summed E-state index contributed by atoms with van der Waals surface area (Å²) in [6.07, 6.45) is 4.45. The van der Waals surface area contributed by atoms with Gasteiger partial charge >= 0.3 is 5.97 Å². The molecule has 18 heavy (non-hydrogen) atoms. The van der Waals surface area contributed by atoms with E-state index < -0.39 is 12.0 Å². The molecule has 2 N–H and O–H groups in total. The van der Waals surface area contributed by atoms with Crippen LogP contribution in [-0.4, -0.2) is 43.6 Å². The van der Waals surface area contributed by atoms with E-state index in [-0.39, 0.29) is 12.4 Å². The average molecular weight is 270 g/mol. The van der Waals surface area contributed by atoms with Gasteiger partial charge in [0.25, 0.3) is 0 Å². The summed E-state index contributed by atoms with van der Waals surface area (Å²) in [6, 6.07) is -0.503. The second-order valence-electron chi connectivity index (χ2n) is 3.99. The molecule has 0 unspecified atom stereocenters. The lowest BCUT2D eigenvalue weighted by Gasteiger charge is -2.22. The van der Waals surface area contributed by atoms with Crippen LogP contribution in [0.2, 0.25) is 0 Å². The van der Waals surface area contributed by atoms with E-state index in [9.17, 15) is 4.79 Å². The Morgan fingerprint density at radius 1 is 1.44 bits per heavy atom. The molecule has 7 nitrogen and oxygen atoms in total. The molecule has 2 aromatic heterocycles. The van der Waals surface area contributed by atoms with Gasteiger partial charge in [-0.2, -0.15) is 0 Å². The molecule has 0 radical (unpaired) electrons. The van der Waals surface area contributed by atoms with Crippen LogP contribution in [0.5, 0.6) is 0 Å². The summed E-state index contributed by atoms with van der Waals surface area (Å²) < 4.78 is 0. The Balaban J connectivity index is 0.00000120. The Kier molecular flexibility index (Phi) is 3.33. The molecule has 1 atom stereocenters. The molecule has 1 aliphatic rings. The minimum atomic E-state index is -0.811. The largest absolute Gasteiger partial charge is 0.480 e. The van der Waals surface area contributed by atoms with Crippen molar-refractivity contribution in [3.8, 4) is 0 Å². The molecule has 0 saturated carbocycles. The molecule has 8 heteroatoms. The fraction of sp³-hybridized carbons (Fsp3) is 0.400. The number of halogens is 1. The molecule has 0 spiro atoms. The Morgan fingerprint density at radius 2 is 2.28 bits per heavy atom. The first kappa shape index (κ1) is 12.6. The van der Waals surface area contributed by atoms with E-state index in [1.807, 2.05) is 0 Å². The van der Waals surface area contributed by atoms with Gasteiger partial charge in [0.1, 0.15) is 17.9 Å². The number of rotatable bonds is 2. The predicted molar refractivity (Wildman–Crippen MR) is 66.9 cm³/mol. The summed E-state index contributed by atoms with van der Waals surface area (Å²) in [5.41, 5.74) is 1.26. The maximum atomic E-state index is 11.1. The van der Waals surface area contributed by atoms with Crippen molar-refractivity contribution >= 4 is 35.4 Å². The third kappa shape index (κ3) is 1.86. The number of hydrogen-bond acceptors (Lipinski definition) is 5. The van der Waals surface area contributed by atoms with E-state index >= 15 is 0 Å². The molecule has 0 aliphatic carbocycles. The number of carbonyl (C=O) groups is 1. The second kappa shape index (κ2) is 4.77. The Labute approximate surface area is 109 Å². The number of aromatic amines is 1. The van der Waals surface area contributed by atoms with Crippen LogP contribution in [0.25, 0.3) is 11.2 Å². The summed E-state index contributed by atoms with van der Waals surface area (Å²) >= 11 is 0. The van der Waals surface area contributed by atoms with Crippen molar-refractivity contribution in [2.75, 3.05) is 11.4 Å². The van der Waals surface area contributed by atoms with Crippen molar-refractivity contribution in [2.45, 2.75) is 18.9 Å². The molecule has 1 saturated heterocycles. The van der Waals surface area contributed by atoms with Crippen LogP contribution in [0, 0.1) is 0 Å². The quantitative estimate of drug-likeness (QED) is 0.838. The summed E-state index contributed by atoms with van der Waals surface area (Å²) in [5.74, 6) is -0.189. The fourth-order valence-electron chi connectivity index (χ4n) is 2.25. The minimum absolute atomic E-state index is 0. The zero-order valence-electron chi connectivity index (χ0n) is 9.41. The van der Waals surface area contributed by atoms with Gasteiger partial charge in [0.2, 0.25) is 0 Å². The van der Waals surface area contributed by atoms with Crippen LogP contribution in [0.3, 0.4) is 0 Å². The van der Waals surface area contributed by atoms with Gasteiger partial charge in [0, 0.05) is 6.54 Å². The van der Waals surface area contributed by atoms with E-state index in [0.717, 1.165) is 6.42 Å². The highest BCUT2D eigenvalue weighted by molar-refractivity contribution is 5.87. The zero-order valence-corrected chi connectivity index (χ0v) is 10.2. The highest BCUT2D eigenvalue weighted by Gasteiger charge is 2.32. The third-order valence-corrected chi connectivity index (χ3v) is 3.01. The van der Waals surface area contributed by atoms with Crippen LogP contribution in [0.4, 0.5) is 5.82 Å². The monoisotopic (exact) mass is 269 g/mol. The molecule has 0 aromatic carbocycles. The van der Waals surface area contributed by atoms with Crippen LogP contribution >= 0.6 is 12.4 Å². The van der Waals surface area contributed by atoms with Gasteiger partial charge in [-0.1, -0.05) is 0 Å². The average Bonchev–Trinajstić information content (AvgIpc) is 2.97. The van der Waals surface area contributed by atoms with E-state index in [1.54, 1.807) is 4.90 Å². The summed E-state index contributed by atoms with van der Waals surface area (Å²) in [7, 11) is 0. The zero-order chi connectivity index (χ0) is 11.8. The van der Waals surface area contributed by atoms with Gasteiger partial charge in [-0.3, -0.25) is 0 Å². The van der Waals surface area contributed by atoms with Gasteiger partial charge in [-0.05, 0) is 12.8 Å². The molecular weight excluding hydrogens is 258 g/mol. The maximum Gasteiger partial charge on any atom is 0.326 e. The fourth-order valence-corrected chi connectivity index (χ4v) is 2.25. The van der Waals surface area contributed by atoms with Gasteiger partial charge in [-0.15, -0.1) is 12.4 Å². The molecule has 96 valence electrons. The summed E-state index contributed by atoms with van der Waals surface area (Å²) in [5, 5.41) is 9.16. The first-order chi connectivity index (χ1) is 8.27. The first-order valence-electron chi connectivity index (χ1n) is 5.41. The van der Waals surface area contributed by atoms with Gasteiger partial charge < -0.3 is 15.0 Å². The van der Waals surface area contributed by atoms with Crippen molar-refractivity contribution in [3.63, 3.8) is 0 Å². The topological polar surface area (TPSA) is 95.0 Å². The molecule has 1 aliphatic heterocycles. The predicted octanol–water partition coefficient (Wildman–Crippen LogP) is 0.828. The Bertz CT molecular complexity index is 572. The number of imidazole rings is 1. The van der Waals surface area contributed by atoms with E-state index in [0.29, 0.717) is 29.9 Å². The molecule has 0 bridgehead atoms. The molecule has 1 fully saturated rings. The van der Waals surface area contributed by atoms with Crippen molar-refractivity contribution in [1.29, 1.82) is 0 Å². The number of fused-ring (bicyclic) bond motifs is 1. The molecular formula is C10H12ClN5O2. The number of anilines is 1. The minimum Gasteiger partial charge on any atom is -0.480 e. The van der Waals surface area contributed by atoms with Crippen LogP contribution in [-0.2, 0) is 4.79 Å². The van der Waals surface area contributed by atoms with Crippen molar-refractivity contribution in [2.24, 2.45) is 0 Å². The lowest BCUT2D eigenvalue weighted by molar-refractivity contribution is -0.138. The first-order valence-corrected chi connectivity index (χ1v) is 5.41. The van der Waals surface area contributed by atoms with Gasteiger partial charge in [0.15, 0.2) is 11.5 Å². The molecule has 2 aromatic rings. The number of aromatic nitrogens is 4. The number of carboxylic acids is 1. The van der Waals surface area contributed by atoms with Crippen molar-refractivity contribution in [1.82, 2.24) is 19.9 Å². The molecule has 3 heterocycles. The van der Waals surface area contributed by atoms with E-state index in [4.69, 9.17) is 5.11 Å². The third-order valence-electron chi connectivity index (χ3n) is 3.01. The number of carboxylic acid groups (broad SMARTS) is 1. The van der Waals surface area contributed by atoms with Crippen molar-refractivity contribution in [3.05, 3.63) is 12.7 Å². The molecule has 3 rings (SSSR count). The lowest BCUT2D eigenvalue weighted by atomic mass is 10.2. The normalized spacial score (nSPS) is 18.9. The van der Waals surface area contributed by atoms with Crippen LogP contribution in [0.1, 0.15) is 12.8 Å². The van der Waals surface area contributed by atoms with Crippen LogP contribution in [0.15, 0.2) is 12.7 Å². The highest BCUT2D eigenvalue weighted by Crippen LogP contribution is 2.27. The molecule has 0 amide bonds. The number of H-pyrrole nitrogens is 1. The second-order valence-corrected chi connectivity index (χ2v) is 3.99. The van der Waals surface area contributed by atoms with Crippen LogP contribution < -0.4 is 4.90 Å². The lowest BCUT2D eigenvalue weighted by Crippen LogP contribution is -2.36. The van der Waals surface area contributed by atoms with Gasteiger partial charge in [0.05, 0.1) is 6.33 Å². The SMILES string of the molecule is Cl.O=C(O)[C@@H]1CCCN1c1ncnc2nc[nH]c12. The summed E-state index contributed by atoms with van der Waals surface area (Å²) in [4.78, 5) is 28.1. The van der Waals surface area contributed by atoms with E-state index in [1.165, 1.54) is 12.7 Å². The smallest absolute Gasteiger partial charge is 0.326 e. The number of aliphatic carboxylic acids is 1. The van der Waals surface area contributed by atoms with E-state index in [2.05, 4.69) is 19.9 Å². The summed E-state index contributed by atoms with van der Waals surface area (Å²) in [6.45, 7) is 0.697. The highest BCUT2D eigenvalue weighted by atomic mass is 35.5. The van der Waals surface area contributed by atoms with Gasteiger partial charge in [-0.25, -0.2) is 19.7 Å².